The monoisotopic (exact) mass is 274 g/mol. The molecule has 0 aliphatic heterocycles. The maximum absolute atomic E-state index is 10.8. The molecule has 0 bridgehead atoms. The Morgan fingerprint density at radius 1 is 0.857 bits per heavy atom. The van der Waals surface area contributed by atoms with E-state index in [0.717, 1.165) is 16.5 Å². The third-order valence-electron chi connectivity index (χ3n) is 4.39. The molecule has 1 nitrogen and oxygen atoms in total. The van der Waals surface area contributed by atoms with Crippen molar-refractivity contribution in [3.05, 3.63) is 83.4 Å². The Labute approximate surface area is 124 Å². The van der Waals surface area contributed by atoms with Gasteiger partial charge in [0.2, 0.25) is 0 Å². The van der Waals surface area contributed by atoms with Gasteiger partial charge in [-0.3, -0.25) is 0 Å². The maximum Gasteiger partial charge on any atom is 0.105 e. The Morgan fingerprint density at radius 2 is 1.62 bits per heavy atom. The standard InChI is InChI=1S/C20H18O/c21-20(17-8-3-7-16(13-17)14-11-12-14)19-10-4-6-15-5-1-2-9-18(15)19/h1-10,13-14,20-21H,11-12H2. The zero-order valence-corrected chi connectivity index (χ0v) is 11.9. The first kappa shape index (κ1) is 12.6. The van der Waals surface area contributed by atoms with Gasteiger partial charge in [-0.1, -0.05) is 66.7 Å². The predicted octanol–water partition coefficient (Wildman–Crippen LogP) is 4.80. The van der Waals surface area contributed by atoms with Gasteiger partial charge in [0.15, 0.2) is 0 Å². The van der Waals surface area contributed by atoms with Crippen LogP contribution in [0.5, 0.6) is 0 Å². The van der Waals surface area contributed by atoms with E-state index in [-0.39, 0.29) is 0 Å². The van der Waals surface area contributed by atoms with Crippen LogP contribution in [-0.4, -0.2) is 5.11 Å². The van der Waals surface area contributed by atoms with E-state index in [0.29, 0.717) is 5.92 Å². The Hall–Kier alpha value is -2.12. The summed E-state index contributed by atoms with van der Waals surface area (Å²) < 4.78 is 0. The van der Waals surface area contributed by atoms with Crippen LogP contribution in [-0.2, 0) is 0 Å². The lowest BCUT2D eigenvalue weighted by Crippen LogP contribution is -2.01. The normalized spacial score (nSPS) is 16.0. The average Bonchev–Trinajstić information content (AvgIpc) is 3.39. The molecule has 0 radical (unpaired) electrons. The van der Waals surface area contributed by atoms with Gasteiger partial charge in [0.05, 0.1) is 0 Å². The molecule has 21 heavy (non-hydrogen) atoms. The van der Waals surface area contributed by atoms with Gasteiger partial charge >= 0.3 is 0 Å². The Bertz CT molecular complexity index is 781. The SMILES string of the molecule is OC(c1cccc(C2CC2)c1)c1cccc2ccccc12. The van der Waals surface area contributed by atoms with Crippen molar-refractivity contribution >= 4 is 10.8 Å². The lowest BCUT2D eigenvalue weighted by atomic mass is 9.94. The molecule has 1 aliphatic carbocycles. The molecule has 1 aliphatic rings. The molecule has 1 fully saturated rings. The molecular formula is C20H18O. The maximum atomic E-state index is 10.8. The number of hydrogen-bond acceptors (Lipinski definition) is 1. The zero-order valence-electron chi connectivity index (χ0n) is 11.9. The van der Waals surface area contributed by atoms with Crippen molar-refractivity contribution in [2.75, 3.05) is 0 Å². The summed E-state index contributed by atoms with van der Waals surface area (Å²) in [4.78, 5) is 0. The summed E-state index contributed by atoms with van der Waals surface area (Å²) in [5, 5.41) is 13.1. The van der Waals surface area contributed by atoms with Crippen molar-refractivity contribution in [2.45, 2.75) is 24.9 Å². The van der Waals surface area contributed by atoms with Crippen LogP contribution in [0.2, 0.25) is 0 Å². The van der Waals surface area contributed by atoms with Crippen LogP contribution in [0.15, 0.2) is 66.7 Å². The molecule has 0 heterocycles. The van der Waals surface area contributed by atoms with Crippen LogP contribution in [0, 0.1) is 0 Å². The van der Waals surface area contributed by atoms with Crippen LogP contribution in [0.4, 0.5) is 0 Å². The Kier molecular flexibility index (Phi) is 3.01. The summed E-state index contributed by atoms with van der Waals surface area (Å²) in [5.41, 5.74) is 3.35. The van der Waals surface area contributed by atoms with Gasteiger partial charge in [0, 0.05) is 0 Å². The quantitative estimate of drug-likeness (QED) is 0.727. The molecule has 1 heteroatoms. The molecule has 3 aromatic rings. The second-order valence-electron chi connectivity index (χ2n) is 5.92. The fourth-order valence-corrected chi connectivity index (χ4v) is 3.07. The number of fused-ring (bicyclic) bond motifs is 1. The van der Waals surface area contributed by atoms with E-state index < -0.39 is 6.10 Å². The lowest BCUT2D eigenvalue weighted by molar-refractivity contribution is 0.222. The molecule has 104 valence electrons. The third-order valence-corrected chi connectivity index (χ3v) is 4.39. The van der Waals surface area contributed by atoms with E-state index in [1.807, 2.05) is 30.3 Å². The van der Waals surface area contributed by atoms with E-state index >= 15 is 0 Å². The molecule has 0 aromatic heterocycles. The highest BCUT2D eigenvalue weighted by atomic mass is 16.3. The minimum atomic E-state index is -0.560. The summed E-state index contributed by atoms with van der Waals surface area (Å²) in [6.45, 7) is 0. The summed E-state index contributed by atoms with van der Waals surface area (Å²) in [6, 6.07) is 22.8. The second-order valence-corrected chi connectivity index (χ2v) is 5.92. The Morgan fingerprint density at radius 3 is 2.48 bits per heavy atom. The Balaban J connectivity index is 1.79. The van der Waals surface area contributed by atoms with E-state index in [1.54, 1.807) is 0 Å². The van der Waals surface area contributed by atoms with Crippen LogP contribution in [0.25, 0.3) is 10.8 Å². The summed E-state index contributed by atoms with van der Waals surface area (Å²) in [6.07, 6.45) is 2.01. The second kappa shape index (κ2) is 5.01. The topological polar surface area (TPSA) is 20.2 Å². The number of aliphatic hydroxyl groups excluding tert-OH is 1. The molecule has 0 spiro atoms. The zero-order chi connectivity index (χ0) is 14.2. The van der Waals surface area contributed by atoms with Crippen molar-refractivity contribution < 1.29 is 5.11 Å². The minimum Gasteiger partial charge on any atom is -0.384 e. The van der Waals surface area contributed by atoms with Gasteiger partial charge < -0.3 is 5.11 Å². The number of aliphatic hydroxyl groups is 1. The third kappa shape index (κ3) is 2.34. The summed E-state index contributed by atoms with van der Waals surface area (Å²) >= 11 is 0. The van der Waals surface area contributed by atoms with Gasteiger partial charge in [-0.2, -0.15) is 0 Å². The molecule has 3 aromatic carbocycles. The molecule has 1 saturated carbocycles. The van der Waals surface area contributed by atoms with E-state index in [4.69, 9.17) is 0 Å². The van der Waals surface area contributed by atoms with Gasteiger partial charge in [0.25, 0.3) is 0 Å². The molecule has 0 saturated heterocycles. The van der Waals surface area contributed by atoms with Crippen molar-refractivity contribution in [3.63, 3.8) is 0 Å². The van der Waals surface area contributed by atoms with Gasteiger partial charge in [-0.05, 0) is 46.2 Å². The fourth-order valence-electron chi connectivity index (χ4n) is 3.07. The molecule has 1 N–H and O–H groups in total. The number of hydrogen-bond donors (Lipinski definition) is 1. The van der Waals surface area contributed by atoms with Crippen LogP contribution >= 0.6 is 0 Å². The summed E-state index contributed by atoms with van der Waals surface area (Å²) in [5.74, 6) is 0.713. The average molecular weight is 274 g/mol. The van der Waals surface area contributed by atoms with Crippen molar-refractivity contribution in [2.24, 2.45) is 0 Å². The predicted molar refractivity (Wildman–Crippen MR) is 86.4 cm³/mol. The molecule has 4 rings (SSSR count). The van der Waals surface area contributed by atoms with Crippen molar-refractivity contribution in [3.8, 4) is 0 Å². The van der Waals surface area contributed by atoms with Crippen molar-refractivity contribution in [1.82, 2.24) is 0 Å². The highest BCUT2D eigenvalue weighted by molar-refractivity contribution is 5.86. The smallest absolute Gasteiger partial charge is 0.105 e. The lowest BCUT2D eigenvalue weighted by Gasteiger charge is -2.15. The first-order valence-corrected chi connectivity index (χ1v) is 7.58. The van der Waals surface area contributed by atoms with E-state index in [9.17, 15) is 5.11 Å². The van der Waals surface area contributed by atoms with Crippen LogP contribution in [0.3, 0.4) is 0 Å². The number of rotatable bonds is 3. The number of benzene rings is 3. The fraction of sp³-hybridized carbons (Fsp3) is 0.200. The van der Waals surface area contributed by atoms with Crippen molar-refractivity contribution in [1.29, 1.82) is 0 Å². The molecule has 0 amide bonds. The van der Waals surface area contributed by atoms with Gasteiger partial charge in [-0.15, -0.1) is 0 Å². The van der Waals surface area contributed by atoms with Crippen LogP contribution in [0.1, 0.15) is 41.6 Å². The minimum absolute atomic E-state index is 0.560. The first-order valence-electron chi connectivity index (χ1n) is 7.58. The largest absolute Gasteiger partial charge is 0.384 e. The van der Waals surface area contributed by atoms with E-state index in [2.05, 4.69) is 36.4 Å². The van der Waals surface area contributed by atoms with Gasteiger partial charge in [-0.25, -0.2) is 0 Å². The highest BCUT2D eigenvalue weighted by Crippen LogP contribution is 2.41. The molecule has 1 atom stereocenters. The highest BCUT2D eigenvalue weighted by Gasteiger charge is 2.24. The van der Waals surface area contributed by atoms with Crippen LogP contribution < -0.4 is 0 Å². The first-order chi connectivity index (χ1) is 10.3. The summed E-state index contributed by atoms with van der Waals surface area (Å²) in [7, 11) is 0. The molecule has 1 unspecified atom stereocenters. The van der Waals surface area contributed by atoms with E-state index in [1.165, 1.54) is 23.8 Å². The molecular weight excluding hydrogens is 256 g/mol. The van der Waals surface area contributed by atoms with Gasteiger partial charge in [0.1, 0.15) is 6.10 Å².